The summed E-state index contributed by atoms with van der Waals surface area (Å²) in [5.74, 6) is 0.504. The molecule has 0 spiro atoms. The first-order valence-electron chi connectivity index (χ1n) is 9.19. The molecule has 28 heavy (non-hydrogen) atoms. The Bertz CT molecular complexity index is 926. The minimum absolute atomic E-state index is 0.145. The van der Waals surface area contributed by atoms with Crippen LogP contribution in [0.25, 0.3) is 5.69 Å². The summed E-state index contributed by atoms with van der Waals surface area (Å²) < 4.78 is 7.20. The van der Waals surface area contributed by atoms with Gasteiger partial charge >= 0.3 is 0 Å². The molecule has 3 rings (SSSR count). The molecule has 2 aromatic carbocycles. The molecule has 1 heterocycles. The van der Waals surface area contributed by atoms with Crippen molar-refractivity contribution in [3.63, 3.8) is 0 Å². The highest BCUT2D eigenvalue weighted by Crippen LogP contribution is 2.27. The first-order chi connectivity index (χ1) is 13.6. The molecular formula is C20H23N5O2S. The third-order valence-corrected chi connectivity index (χ3v) is 5.16. The average Bonchev–Trinajstić information content (AvgIpc) is 3.17. The van der Waals surface area contributed by atoms with Crippen molar-refractivity contribution >= 4 is 23.4 Å². The zero-order chi connectivity index (χ0) is 19.9. The lowest BCUT2D eigenvalue weighted by atomic mass is 10.1. The summed E-state index contributed by atoms with van der Waals surface area (Å²) in [6, 6.07) is 15.4. The molecule has 0 aliphatic rings. The van der Waals surface area contributed by atoms with Crippen molar-refractivity contribution in [3.8, 4) is 11.4 Å². The van der Waals surface area contributed by atoms with Gasteiger partial charge in [0.2, 0.25) is 11.1 Å². The summed E-state index contributed by atoms with van der Waals surface area (Å²) in [4.78, 5) is 12.7. The van der Waals surface area contributed by atoms with Crippen LogP contribution in [0.1, 0.15) is 26.3 Å². The standard InChI is InChI=1S/C20H23N5O2S/c1-4-15-10-12-16(13-11-15)25-20(22-23-24-25)28-14(3)19(26)21-17-8-6-7-9-18(17)27-5-2/h6-14H,4-5H2,1-3H3,(H,21,26)/t14-/m0/s1. The number of carbonyl (C=O) groups excluding carboxylic acids is 1. The maximum Gasteiger partial charge on any atom is 0.237 e. The van der Waals surface area contributed by atoms with Gasteiger partial charge in [-0.25, -0.2) is 0 Å². The first-order valence-corrected chi connectivity index (χ1v) is 10.1. The van der Waals surface area contributed by atoms with E-state index in [2.05, 4.69) is 27.8 Å². The molecule has 0 fully saturated rings. The third-order valence-electron chi connectivity index (χ3n) is 4.13. The van der Waals surface area contributed by atoms with Crippen molar-refractivity contribution in [1.82, 2.24) is 20.2 Å². The predicted molar refractivity (Wildman–Crippen MR) is 110 cm³/mol. The van der Waals surface area contributed by atoms with Gasteiger partial charge < -0.3 is 10.1 Å². The van der Waals surface area contributed by atoms with Gasteiger partial charge in [0.05, 0.1) is 23.2 Å². The van der Waals surface area contributed by atoms with E-state index in [0.29, 0.717) is 23.2 Å². The SMILES string of the molecule is CCOc1ccccc1NC(=O)[C@H](C)Sc1nnnn1-c1ccc(CC)cc1. The lowest BCUT2D eigenvalue weighted by molar-refractivity contribution is -0.115. The average molecular weight is 398 g/mol. The second-order valence-electron chi connectivity index (χ2n) is 6.07. The van der Waals surface area contributed by atoms with Crippen molar-refractivity contribution in [1.29, 1.82) is 0 Å². The molecule has 1 aromatic heterocycles. The number of rotatable bonds is 8. The van der Waals surface area contributed by atoms with E-state index in [1.807, 2.05) is 62.4 Å². The number of nitrogens with one attached hydrogen (secondary N) is 1. The highest BCUT2D eigenvalue weighted by Gasteiger charge is 2.20. The molecular weight excluding hydrogens is 374 g/mol. The highest BCUT2D eigenvalue weighted by molar-refractivity contribution is 8.00. The maximum atomic E-state index is 12.7. The molecule has 8 heteroatoms. The molecule has 0 aliphatic heterocycles. The number of nitrogens with zero attached hydrogens (tertiary/aromatic N) is 4. The van der Waals surface area contributed by atoms with Gasteiger partial charge in [-0.3, -0.25) is 4.79 Å². The van der Waals surface area contributed by atoms with Crippen LogP contribution in [-0.4, -0.2) is 38.0 Å². The number of anilines is 1. The topological polar surface area (TPSA) is 81.9 Å². The van der Waals surface area contributed by atoms with Gasteiger partial charge in [0.25, 0.3) is 0 Å². The van der Waals surface area contributed by atoms with E-state index >= 15 is 0 Å². The molecule has 0 unspecified atom stereocenters. The number of hydrogen-bond donors (Lipinski definition) is 1. The van der Waals surface area contributed by atoms with Crippen LogP contribution in [0.4, 0.5) is 5.69 Å². The zero-order valence-corrected chi connectivity index (χ0v) is 16.9. The molecule has 0 saturated heterocycles. The van der Waals surface area contributed by atoms with E-state index in [1.54, 1.807) is 4.68 Å². The van der Waals surface area contributed by atoms with Crippen LogP contribution < -0.4 is 10.1 Å². The molecule has 0 bridgehead atoms. The van der Waals surface area contributed by atoms with Crippen molar-refractivity contribution in [2.75, 3.05) is 11.9 Å². The van der Waals surface area contributed by atoms with Crippen molar-refractivity contribution in [2.45, 2.75) is 37.6 Å². The Labute approximate surface area is 168 Å². The van der Waals surface area contributed by atoms with Crippen molar-refractivity contribution in [2.24, 2.45) is 0 Å². The smallest absolute Gasteiger partial charge is 0.237 e. The zero-order valence-electron chi connectivity index (χ0n) is 16.1. The van der Waals surface area contributed by atoms with Gasteiger partial charge in [-0.15, -0.1) is 5.10 Å². The second kappa shape index (κ2) is 9.36. The number of carbonyl (C=O) groups is 1. The Kier molecular flexibility index (Phi) is 6.65. The fourth-order valence-corrected chi connectivity index (χ4v) is 3.39. The lowest BCUT2D eigenvalue weighted by Crippen LogP contribution is -2.23. The highest BCUT2D eigenvalue weighted by atomic mass is 32.2. The minimum atomic E-state index is -0.394. The Hall–Kier alpha value is -2.87. The number of thioether (sulfide) groups is 1. The van der Waals surface area contributed by atoms with E-state index in [9.17, 15) is 4.79 Å². The van der Waals surface area contributed by atoms with Crippen LogP contribution in [0.3, 0.4) is 0 Å². The van der Waals surface area contributed by atoms with E-state index in [-0.39, 0.29) is 5.91 Å². The molecule has 7 nitrogen and oxygen atoms in total. The number of hydrogen-bond acceptors (Lipinski definition) is 6. The number of ether oxygens (including phenoxy) is 1. The van der Waals surface area contributed by atoms with Crippen LogP contribution in [-0.2, 0) is 11.2 Å². The molecule has 1 N–H and O–H groups in total. The van der Waals surface area contributed by atoms with Gasteiger partial charge in [-0.05, 0) is 60.5 Å². The number of amides is 1. The first kappa shape index (κ1) is 19.9. The number of para-hydroxylation sites is 2. The molecule has 3 aromatic rings. The summed E-state index contributed by atoms with van der Waals surface area (Å²) in [6.07, 6.45) is 0.970. The fourth-order valence-electron chi connectivity index (χ4n) is 2.58. The molecule has 0 radical (unpaired) electrons. The maximum absolute atomic E-state index is 12.7. The van der Waals surface area contributed by atoms with Crippen LogP contribution in [0.2, 0.25) is 0 Å². The number of benzene rings is 2. The number of aryl methyl sites for hydroxylation is 1. The quantitative estimate of drug-likeness (QED) is 0.583. The van der Waals surface area contributed by atoms with Gasteiger partial charge in [0, 0.05) is 0 Å². The van der Waals surface area contributed by atoms with E-state index < -0.39 is 5.25 Å². The van der Waals surface area contributed by atoms with E-state index in [4.69, 9.17) is 4.74 Å². The second-order valence-corrected chi connectivity index (χ2v) is 7.38. The lowest BCUT2D eigenvalue weighted by Gasteiger charge is -2.14. The Balaban J connectivity index is 1.70. The third kappa shape index (κ3) is 4.69. The van der Waals surface area contributed by atoms with Gasteiger partial charge in [-0.2, -0.15) is 4.68 Å². The van der Waals surface area contributed by atoms with Crippen molar-refractivity contribution in [3.05, 3.63) is 54.1 Å². The van der Waals surface area contributed by atoms with Crippen LogP contribution >= 0.6 is 11.8 Å². The fraction of sp³-hybridized carbons (Fsp3) is 0.300. The molecule has 146 valence electrons. The summed E-state index contributed by atoms with van der Waals surface area (Å²) in [7, 11) is 0. The van der Waals surface area contributed by atoms with Crippen LogP contribution in [0.15, 0.2) is 53.7 Å². The summed E-state index contributed by atoms with van der Waals surface area (Å²) >= 11 is 1.30. The van der Waals surface area contributed by atoms with Gasteiger partial charge in [0.1, 0.15) is 5.75 Å². The number of aromatic nitrogens is 4. The Morgan fingerprint density at radius 2 is 1.93 bits per heavy atom. The van der Waals surface area contributed by atoms with Gasteiger partial charge in [-0.1, -0.05) is 43.0 Å². The van der Waals surface area contributed by atoms with E-state index in [0.717, 1.165) is 12.1 Å². The Morgan fingerprint density at radius 1 is 1.18 bits per heavy atom. The summed E-state index contributed by atoms with van der Waals surface area (Å²) in [5, 5.41) is 15.0. The van der Waals surface area contributed by atoms with Crippen LogP contribution in [0, 0.1) is 0 Å². The molecule has 0 saturated carbocycles. The summed E-state index contributed by atoms with van der Waals surface area (Å²) in [6.45, 7) is 6.37. The normalized spacial score (nSPS) is 11.8. The Morgan fingerprint density at radius 3 is 2.64 bits per heavy atom. The molecule has 1 atom stereocenters. The monoisotopic (exact) mass is 397 g/mol. The van der Waals surface area contributed by atoms with E-state index in [1.165, 1.54) is 17.3 Å². The van der Waals surface area contributed by atoms with Crippen LogP contribution in [0.5, 0.6) is 5.75 Å². The number of tetrazole rings is 1. The van der Waals surface area contributed by atoms with Crippen molar-refractivity contribution < 1.29 is 9.53 Å². The molecule has 1 amide bonds. The largest absolute Gasteiger partial charge is 0.492 e. The van der Waals surface area contributed by atoms with Gasteiger partial charge in [0.15, 0.2) is 0 Å². The predicted octanol–water partition coefficient (Wildman–Crippen LogP) is 3.74. The summed E-state index contributed by atoms with van der Waals surface area (Å²) in [5.41, 5.74) is 2.75. The minimum Gasteiger partial charge on any atom is -0.492 e. The molecule has 0 aliphatic carbocycles.